The molecular formula is C12H18N2O2S2. The highest BCUT2D eigenvalue weighted by molar-refractivity contribution is 8.06. The van der Waals surface area contributed by atoms with Crippen molar-refractivity contribution in [2.75, 3.05) is 11.5 Å². The Hall–Kier alpha value is -0.490. The molecule has 1 aliphatic heterocycles. The molecule has 2 heterocycles. The molecule has 0 spiro atoms. The first-order valence-electron chi connectivity index (χ1n) is 6.20. The van der Waals surface area contributed by atoms with Gasteiger partial charge in [0.05, 0.1) is 11.2 Å². The third-order valence-electron chi connectivity index (χ3n) is 3.10. The van der Waals surface area contributed by atoms with Gasteiger partial charge in [-0.25, -0.2) is 0 Å². The number of carbonyl (C=O) groups is 1. The van der Waals surface area contributed by atoms with Gasteiger partial charge in [-0.1, -0.05) is 19.0 Å². The number of thioether (sulfide) groups is 2. The zero-order chi connectivity index (χ0) is 13.1. The monoisotopic (exact) mass is 286 g/mol. The normalized spacial score (nSPS) is 25.9. The van der Waals surface area contributed by atoms with Crippen LogP contribution in [0.4, 0.5) is 0 Å². The van der Waals surface area contributed by atoms with Crippen LogP contribution in [0.5, 0.6) is 0 Å². The Kier molecular flexibility index (Phi) is 4.72. The second-order valence-corrected chi connectivity index (χ2v) is 7.16. The van der Waals surface area contributed by atoms with E-state index in [1.807, 2.05) is 30.4 Å². The Labute approximate surface area is 116 Å². The standard InChI is InChI=1S/C12H18N2O2S2/c1-4-9(7(2)15)12-13-11(14-16-12)10-8(3)17-5-6-18-10/h8-10H,4-6H2,1-3H3. The first kappa shape index (κ1) is 13.9. The lowest BCUT2D eigenvalue weighted by molar-refractivity contribution is -0.119. The maximum Gasteiger partial charge on any atom is 0.237 e. The van der Waals surface area contributed by atoms with E-state index in [-0.39, 0.29) is 17.0 Å². The molecule has 0 bridgehead atoms. The summed E-state index contributed by atoms with van der Waals surface area (Å²) in [6, 6.07) is 0. The van der Waals surface area contributed by atoms with Crippen molar-refractivity contribution in [3.8, 4) is 0 Å². The van der Waals surface area contributed by atoms with Gasteiger partial charge in [-0.05, 0) is 13.3 Å². The number of aromatic nitrogens is 2. The summed E-state index contributed by atoms with van der Waals surface area (Å²) in [5, 5.41) is 4.84. The van der Waals surface area contributed by atoms with Gasteiger partial charge in [-0.15, -0.1) is 11.8 Å². The topological polar surface area (TPSA) is 56.0 Å². The van der Waals surface area contributed by atoms with Crippen molar-refractivity contribution in [1.82, 2.24) is 10.1 Å². The van der Waals surface area contributed by atoms with Crippen LogP contribution in [0.2, 0.25) is 0 Å². The van der Waals surface area contributed by atoms with Gasteiger partial charge in [0.1, 0.15) is 5.78 Å². The average Bonchev–Trinajstić information content (AvgIpc) is 2.79. The van der Waals surface area contributed by atoms with Gasteiger partial charge in [-0.3, -0.25) is 4.79 Å². The predicted molar refractivity (Wildman–Crippen MR) is 75.1 cm³/mol. The van der Waals surface area contributed by atoms with Crippen molar-refractivity contribution in [3.63, 3.8) is 0 Å². The maximum absolute atomic E-state index is 11.5. The van der Waals surface area contributed by atoms with Crippen LogP contribution in [-0.4, -0.2) is 32.7 Å². The molecule has 6 heteroatoms. The summed E-state index contributed by atoms with van der Waals surface area (Å²) < 4.78 is 5.28. The SMILES string of the molecule is CCC(C(C)=O)c1nc(C2SCCSC2C)no1. The van der Waals surface area contributed by atoms with Crippen molar-refractivity contribution in [2.24, 2.45) is 0 Å². The van der Waals surface area contributed by atoms with Gasteiger partial charge in [0.15, 0.2) is 5.82 Å². The molecule has 18 heavy (non-hydrogen) atoms. The fraction of sp³-hybridized carbons (Fsp3) is 0.750. The quantitative estimate of drug-likeness (QED) is 0.848. The molecule has 4 nitrogen and oxygen atoms in total. The van der Waals surface area contributed by atoms with Crippen molar-refractivity contribution < 1.29 is 9.32 Å². The summed E-state index contributed by atoms with van der Waals surface area (Å²) in [5.74, 6) is 3.36. The smallest absolute Gasteiger partial charge is 0.237 e. The lowest BCUT2D eigenvalue weighted by Gasteiger charge is -2.24. The molecule has 0 aliphatic carbocycles. The second kappa shape index (κ2) is 6.10. The van der Waals surface area contributed by atoms with Crippen LogP contribution in [0.25, 0.3) is 0 Å². The first-order chi connectivity index (χ1) is 8.63. The summed E-state index contributed by atoms with van der Waals surface area (Å²) >= 11 is 3.82. The van der Waals surface area contributed by atoms with Crippen LogP contribution in [-0.2, 0) is 4.79 Å². The lowest BCUT2D eigenvalue weighted by Crippen LogP contribution is -2.17. The third-order valence-corrected chi connectivity index (χ3v) is 6.18. The number of hydrogen-bond donors (Lipinski definition) is 0. The number of hydrogen-bond acceptors (Lipinski definition) is 6. The van der Waals surface area contributed by atoms with Crippen LogP contribution >= 0.6 is 23.5 Å². The molecule has 1 aromatic rings. The summed E-state index contributed by atoms with van der Waals surface area (Å²) in [7, 11) is 0. The highest BCUT2D eigenvalue weighted by Gasteiger charge is 2.30. The van der Waals surface area contributed by atoms with E-state index in [4.69, 9.17) is 4.52 Å². The Morgan fingerprint density at radius 1 is 1.50 bits per heavy atom. The molecular weight excluding hydrogens is 268 g/mol. The Balaban J connectivity index is 2.16. The van der Waals surface area contributed by atoms with E-state index in [0.717, 1.165) is 11.6 Å². The minimum atomic E-state index is -0.247. The molecule has 0 N–H and O–H groups in total. The van der Waals surface area contributed by atoms with Gasteiger partial charge in [0, 0.05) is 16.8 Å². The number of rotatable bonds is 4. The maximum atomic E-state index is 11.5. The highest BCUT2D eigenvalue weighted by atomic mass is 32.2. The van der Waals surface area contributed by atoms with Crippen molar-refractivity contribution in [1.29, 1.82) is 0 Å². The van der Waals surface area contributed by atoms with E-state index in [1.165, 1.54) is 5.75 Å². The number of ketones is 1. The van der Waals surface area contributed by atoms with Crippen molar-refractivity contribution in [2.45, 2.75) is 43.6 Å². The predicted octanol–water partition coefficient (Wildman–Crippen LogP) is 3.06. The van der Waals surface area contributed by atoms with Gasteiger partial charge >= 0.3 is 0 Å². The summed E-state index contributed by atoms with van der Waals surface area (Å²) in [4.78, 5) is 15.9. The van der Waals surface area contributed by atoms with E-state index < -0.39 is 0 Å². The fourth-order valence-electron chi connectivity index (χ4n) is 2.06. The molecule has 0 saturated carbocycles. The summed E-state index contributed by atoms with van der Waals surface area (Å²) in [5.41, 5.74) is 0. The van der Waals surface area contributed by atoms with Crippen molar-refractivity contribution in [3.05, 3.63) is 11.7 Å². The third kappa shape index (κ3) is 2.91. The van der Waals surface area contributed by atoms with Crippen LogP contribution in [0, 0.1) is 0 Å². The molecule has 0 radical (unpaired) electrons. The zero-order valence-corrected chi connectivity index (χ0v) is 12.5. The number of nitrogens with zero attached hydrogens (tertiary/aromatic N) is 2. The van der Waals surface area contributed by atoms with Crippen LogP contribution < -0.4 is 0 Å². The molecule has 0 aromatic carbocycles. The number of Topliss-reactive ketones (excluding diaryl/α,β-unsaturated/α-hetero) is 1. The highest BCUT2D eigenvalue weighted by Crippen LogP contribution is 2.41. The molecule has 100 valence electrons. The molecule has 3 atom stereocenters. The molecule has 1 aliphatic rings. The second-order valence-electron chi connectivity index (χ2n) is 4.43. The summed E-state index contributed by atoms with van der Waals surface area (Å²) in [6.45, 7) is 5.73. The molecule has 3 unspecified atom stereocenters. The van der Waals surface area contributed by atoms with Crippen LogP contribution in [0.3, 0.4) is 0 Å². The van der Waals surface area contributed by atoms with Gasteiger partial charge in [0.2, 0.25) is 5.89 Å². The fourth-order valence-corrected chi connectivity index (χ4v) is 4.74. The van der Waals surface area contributed by atoms with E-state index >= 15 is 0 Å². The minimum absolute atomic E-state index is 0.0893. The van der Waals surface area contributed by atoms with E-state index in [2.05, 4.69) is 17.1 Å². The van der Waals surface area contributed by atoms with E-state index in [0.29, 0.717) is 17.6 Å². The molecule has 1 saturated heterocycles. The number of carbonyl (C=O) groups excluding carboxylic acids is 1. The van der Waals surface area contributed by atoms with E-state index in [1.54, 1.807) is 6.92 Å². The summed E-state index contributed by atoms with van der Waals surface area (Å²) in [6.07, 6.45) is 0.707. The van der Waals surface area contributed by atoms with Gasteiger partial charge in [-0.2, -0.15) is 16.7 Å². The average molecular weight is 286 g/mol. The van der Waals surface area contributed by atoms with Crippen LogP contribution in [0.15, 0.2) is 4.52 Å². The molecule has 1 fully saturated rings. The lowest BCUT2D eigenvalue weighted by atomic mass is 10.0. The minimum Gasteiger partial charge on any atom is -0.339 e. The van der Waals surface area contributed by atoms with E-state index in [9.17, 15) is 4.79 Å². The van der Waals surface area contributed by atoms with Gasteiger partial charge in [0.25, 0.3) is 0 Å². The Morgan fingerprint density at radius 2 is 2.22 bits per heavy atom. The Morgan fingerprint density at radius 3 is 2.83 bits per heavy atom. The molecule has 0 amide bonds. The molecule has 1 aromatic heterocycles. The first-order valence-corrected chi connectivity index (χ1v) is 8.30. The van der Waals surface area contributed by atoms with Crippen LogP contribution in [0.1, 0.15) is 50.1 Å². The largest absolute Gasteiger partial charge is 0.339 e. The van der Waals surface area contributed by atoms with Gasteiger partial charge < -0.3 is 4.52 Å². The Bertz CT molecular complexity index is 422. The molecule has 2 rings (SSSR count). The zero-order valence-electron chi connectivity index (χ0n) is 10.9. The van der Waals surface area contributed by atoms with Crippen molar-refractivity contribution >= 4 is 29.3 Å².